The summed E-state index contributed by atoms with van der Waals surface area (Å²) in [7, 11) is 0. The van der Waals surface area contributed by atoms with Crippen LogP contribution >= 0.6 is 11.6 Å². The summed E-state index contributed by atoms with van der Waals surface area (Å²) in [6, 6.07) is 3.55. The van der Waals surface area contributed by atoms with Gasteiger partial charge >= 0.3 is 0 Å². The summed E-state index contributed by atoms with van der Waals surface area (Å²) in [6.45, 7) is 4.36. The van der Waals surface area contributed by atoms with Crippen LogP contribution in [0.1, 0.15) is 13.8 Å². The van der Waals surface area contributed by atoms with Gasteiger partial charge in [0, 0.05) is 18.2 Å². The lowest BCUT2D eigenvalue weighted by molar-refractivity contribution is -0.115. The molecule has 1 aromatic rings. The van der Waals surface area contributed by atoms with Crippen molar-refractivity contribution < 1.29 is 14.3 Å². The maximum Gasteiger partial charge on any atom is 0.238 e. The minimum absolute atomic E-state index is 0.149. The fourth-order valence-electron chi connectivity index (χ4n) is 1.50. The molecule has 0 bridgehead atoms. The van der Waals surface area contributed by atoms with Crippen LogP contribution in [-0.2, 0) is 4.79 Å². The molecule has 6 heteroatoms. The number of hydrogen-bond donors (Lipinski definition) is 2. The smallest absolute Gasteiger partial charge is 0.238 e. The lowest BCUT2D eigenvalue weighted by Crippen LogP contribution is -2.32. The first-order valence-electron chi connectivity index (χ1n) is 5.68. The van der Waals surface area contributed by atoms with E-state index in [1.54, 1.807) is 12.1 Å². The van der Waals surface area contributed by atoms with Crippen molar-refractivity contribution in [3.05, 3.63) is 17.2 Å². The maximum absolute atomic E-state index is 11.7. The third-order valence-electron chi connectivity index (χ3n) is 2.41. The van der Waals surface area contributed by atoms with Crippen LogP contribution in [0.15, 0.2) is 12.1 Å². The third-order valence-corrected chi connectivity index (χ3v) is 2.72. The number of fused-ring (bicyclic) bond motifs is 1. The number of ether oxygens (including phenoxy) is 2. The molecule has 1 aromatic carbocycles. The van der Waals surface area contributed by atoms with E-state index in [2.05, 4.69) is 10.6 Å². The second kappa shape index (κ2) is 5.46. The van der Waals surface area contributed by atoms with Gasteiger partial charge in [0.15, 0.2) is 11.5 Å². The van der Waals surface area contributed by atoms with Crippen molar-refractivity contribution in [2.75, 3.05) is 18.7 Å². The second-order valence-corrected chi connectivity index (χ2v) is 4.68. The number of anilines is 1. The number of carbonyl (C=O) groups is 1. The minimum atomic E-state index is -0.149. The Morgan fingerprint density at radius 2 is 2.06 bits per heavy atom. The highest BCUT2D eigenvalue weighted by molar-refractivity contribution is 6.34. The van der Waals surface area contributed by atoms with Gasteiger partial charge in [-0.1, -0.05) is 25.4 Å². The normalized spacial score (nSPS) is 12.9. The van der Waals surface area contributed by atoms with Gasteiger partial charge in [0.05, 0.1) is 17.3 Å². The zero-order chi connectivity index (χ0) is 13.1. The molecule has 5 nitrogen and oxygen atoms in total. The van der Waals surface area contributed by atoms with Gasteiger partial charge in [0.1, 0.15) is 0 Å². The number of nitrogens with one attached hydrogen (secondary N) is 2. The van der Waals surface area contributed by atoms with E-state index in [0.717, 1.165) is 0 Å². The standard InChI is InChI=1S/C12H15ClN2O3/c1-7(2)14-5-12(16)15-9-4-11-10(3-8(9)13)17-6-18-11/h3-4,7,14H,5-6H2,1-2H3,(H,15,16). The van der Waals surface area contributed by atoms with Crippen LogP contribution in [0.4, 0.5) is 5.69 Å². The van der Waals surface area contributed by atoms with Crippen molar-refractivity contribution in [2.24, 2.45) is 0 Å². The highest BCUT2D eigenvalue weighted by Crippen LogP contribution is 2.39. The van der Waals surface area contributed by atoms with E-state index in [9.17, 15) is 4.79 Å². The van der Waals surface area contributed by atoms with E-state index < -0.39 is 0 Å². The molecule has 1 aliphatic rings. The fraction of sp³-hybridized carbons (Fsp3) is 0.417. The molecule has 0 aliphatic carbocycles. The predicted octanol–water partition coefficient (Wildman–Crippen LogP) is 2.01. The highest BCUT2D eigenvalue weighted by atomic mass is 35.5. The first-order valence-corrected chi connectivity index (χ1v) is 6.06. The Morgan fingerprint density at radius 1 is 1.39 bits per heavy atom. The van der Waals surface area contributed by atoms with Crippen LogP contribution in [-0.4, -0.2) is 25.3 Å². The Bertz CT molecular complexity index is 463. The predicted molar refractivity (Wildman–Crippen MR) is 69.3 cm³/mol. The Morgan fingerprint density at radius 3 is 2.72 bits per heavy atom. The first kappa shape index (κ1) is 13.0. The highest BCUT2D eigenvalue weighted by Gasteiger charge is 2.17. The topological polar surface area (TPSA) is 59.6 Å². The molecule has 18 heavy (non-hydrogen) atoms. The van der Waals surface area contributed by atoms with Gasteiger partial charge in [-0.05, 0) is 0 Å². The van der Waals surface area contributed by atoms with Crippen LogP contribution in [0, 0.1) is 0 Å². The second-order valence-electron chi connectivity index (χ2n) is 4.27. The average molecular weight is 271 g/mol. The monoisotopic (exact) mass is 270 g/mol. The van der Waals surface area contributed by atoms with E-state index in [4.69, 9.17) is 21.1 Å². The average Bonchev–Trinajstić information content (AvgIpc) is 2.74. The molecule has 0 radical (unpaired) electrons. The summed E-state index contributed by atoms with van der Waals surface area (Å²) in [5, 5.41) is 6.18. The van der Waals surface area contributed by atoms with Crippen LogP contribution in [0.3, 0.4) is 0 Å². The number of rotatable bonds is 4. The van der Waals surface area contributed by atoms with Gasteiger partial charge < -0.3 is 20.1 Å². The molecule has 2 rings (SSSR count). The molecule has 0 atom stereocenters. The van der Waals surface area contributed by atoms with Crippen LogP contribution in [0.25, 0.3) is 0 Å². The molecule has 0 spiro atoms. The van der Waals surface area contributed by atoms with Crippen molar-refractivity contribution in [3.63, 3.8) is 0 Å². The quantitative estimate of drug-likeness (QED) is 0.879. The van der Waals surface area contributed by atoms with E-state index in [1.165, 1.54) is 0 Å². The van der Waals surface area contributed by atoms with Crippen molar-refractivity contribution in [2.45, 2.75) is 19.9 Å². The Labute approximate surface area is 110 Å². The van der Waals surface area contributed by atoms with Gasteiger partial charge in [0.25, 0.3) is 0 Å². The summed E-state index contributed by atoms with van der Waals surface area (Å²) in [5.74, 6) is 1.04. The van der Waals surface area contributed by atoms with Gasteiger partial charge in [0.2, 0.25) is 12.7 Å². The summed E-state index contributed by atoms with van der Waals surface area (Å²) < 4.78 is 10.4. The van der Waals surface area contributed by atoms with Gasteiger partial charge in [-0.2, -0.15) is 0 Å². The molecule has 0 aromatic heterocycles. The Kier molecular flexibility index (Phi) is 3.93. The van der Waals surface area contributed by atoms with Crippen molar-refractivity contribution in [3.8, 4) is 11.5 Å². The lowest BCUT2D eigenvalue weighted by Gasteiger charge is -2.10. The van der Waals surface area contributed by atoms with Crippen molar-refractivity contribution in [1.82, 2.24) is 5.32 Å². The molecule has 98 valence electrons. The van der Waals surface area contributed by atoms with Crippen LogP contribution in [0.2, 0.25) is 5.02 Å². The Hall–Kier alpha value is -1.46. The number of hydrogen-bond acceptors (Lipinski definition) is 4. The van der Waals surface area contributed by atoms with Crippen LogP contribution in [0.5, 0.6) is 11.5 Å². The molecule has 0 fully saturated rings. The Balaban J connectivity index is 2.03. The van der Waals surface area contributed by atoms with Crippen LogP contribution < -0.4 is 20.1 Å². The maximum atomic E-state index is 11.7. The van der Waals surface area contributed by atoms with Crippen molar-refractivity contribution in [1.29, 1.82) is 0 Å². The molecular formula is C12H15ClN2O3. The molecule has 0 unspecified atom stereocenters. The molecule has 1 amide bonds. The van der Waals surface area contributed by atoms with E-state index in [0.29, 0.717) is 22.2 Å². The molecule has 1 aliphatic heterocycles. The van der Waals surface area contributed by atoms with E-state index >= 15 is 0 Å². The first-order chi connectivity index (χ1) is 8.56. The zero-order valence-electron chi connectivity index (χ0n) is 10.2. The van der Waals surface area contributed by atoms with Gasteiger partial charge in [-0.25, -0.2) is 0 Å². The van der Waals surface area contributed by atoms with Gasteiger partial charge in [-0.3, -0.25) is 4.79 Å². The molecule has 0 saturated heterocycles. The lowest BCUT2D eigenvalue weighted by atomic mass is 10.2. The summed E-state index contributed by atoms with van der Waals surface area (Å²) in [6.07, 6.45) is 0. The molecular weight excluding hydrogens is 256 g/mol. The van der Waals surface area contributed by atoms with Crippen molar-refractivity contribution >= 4 is 23.2 Å². The molecule has 1 heterocycles. The number of benzene rings is 1. The van der Waals surface area contributed by atoms with Gasteiger partial charge in [-0.15, -0.1) is 0 Å². The third kappa shape index (κ3) is 3.05. The fourth-order valence-corrected chi connectivity index (χ4v) is 1.71. The number of carbonyl (C=O) groups excluding carboxylic acids is 1. The molecule has 2 N–H and O–H groups in total. The van der Waals surface area contributed by atoms with E-state index in [-0.39, 0.29) is 25.3 Å². The molecule has 0 saturated carbocycles. The minimum Gasteiger partial charge on any atom is -0.454 e. The summed E-state index contributed by atoms with van der Waals surface area (Å²) in [5.41, 5.74) is 0.525. The largest absolute Gasteiger partial charge is 0.454 e. The summed E-state index contributed by atoms with van der Waals surface area (Å²) in [4.78, 5) is 11.7. The number of halogens is 1. The number of amides is 1. The van der Waals surface area contributed by atoms with E-state index in [1.807, 2.05) is 13.8 Å². The summed E-state index contributed by atoms with van der Waals surface area (Å²) >= 11 is 6.04. The SMILES string of the molecule is CC(C)NCC(=O)Nc1cc2c(cc1Cl)OCO2. The zero-order valence-corrected chi connectivity index (χ0v) is 11.0.